The first-order chi connectivity index (χ1) is 7.85. The fourth-order valence-corrected chi connectivity index (χ4v) is 3.18. The summed E-state index contributed by atoms with van der Waals surface area (Å²) in [6.45, 7) is 5.41. The molecule has 3 nitrogen and oxygen atoms in total. The molecule has 1 aliphatic carbocycles. The monoisotopic (exact) mass is 226 g/mol. The van der Waals surface area contributed by atoms with Crippen LogP contribution in [0.25, 0.3) is 0 Å². The van der Waals surface area contributed by atoms with Crippen LogP contribution >= 0.6 is 0 Å². The molecule has 16 heavy (non-hydrogen) atoms. The van der Waals surface area contributed by atoms with Crippen LogP contribution in [-0.4, -0.2) is 49.8 Å². The molecule has 0 spiro atoms. The van der Waals surface area contributed by atoms with Crippen LogP contribution in [0.15, 0.2) is 0 Å². The van der Waals surface area contributed by atoms with E-state index in [1.54, 1.807) is 0 Å². The highest BCUT2D eigenvalue weighted by molar-refractivity contribution is 4.89. The van der Waals surface area contributed by atoms with E-state index < -0.39 is 0 Å². The quantitative estimate of drug-likeness (QED) is 0.791. The van der Waals surface area contributed by atoms with Gasteiger partial charge in [-0.3, -0.25) is 4.90 Å². The number of rotatable bonds is 3. The van der Waals surface area contributed by atoms with Crippen molar-refractivity contribution in [2.24, 2.45) is 0 Å². The van der Waals surface area contributed by atoms with Gasteiger partial charge in [-0.2, -0.15) is 0 Å². The highest BCUT2D eigenvalue weighted by Crippen LogP contribution is 2.25. The Morgan fingerprint density at radius 1 is 1.31 bits per heavy atom. The van der Waals surface area contributed by atoms with Gasteiger partial charge >= 0.3 is 0 Å². The summed E-state index contributed by atoms with van der Waals surface area (Å²) in [5, 5.41) is 3.50. The van der Waals surface area contributed by atoms with Crippen molar-refractivity contribution in [2.45, 2.75) is 57.2 Å². The summed E-state index contributed by atoms with van der Waals surface area (Å²) in [4.78, 5) is 2.66. The van der Waals surface area contributed by atoms with E-state index in [1.165, 1.54) is 25.7 Å². The van der Waals surface area contributed by atoms with E-state index in [1.807, 2.05) is 0 Å². The fourth-order valence-electron chi connectivity index (χ4n) is 3.18. The third-order valence-electron chi connectivity index (χ3n) is 4.19. The molecule has 2 rings (SSSR count). The van der Waals surface area contributed by atoms with Crippen molar-refractivity contribution in [3.8, 4) is 0 Å². The van der Waals surface area contributed by atoms with Crippen LogP contribution in [0.5, 0.6) is 0 Å². The molecule has 2 fully saturated rings. The van der Waals surface area contributed by atoms with Crippen molar-refractivity contribution >= 4 is 0 Å². The van der Waals surface area contributed by atoms with Crippen LogP contribution in [0.1, 0.15) is 39.0 Å². The molecule has 0 aromatic rings. The van der Waals surface area contributed by atoms with E-state index in [0.29, 0.717) is 12.1 Å². The number of hydrogen-bond donors (Lipinski definition) is 1. The molecule has 3 atom stereocenters. The number of likely N-dealkylation sites (N-methyl/N-ethyl adjacent to an activating group) is 1. The molecule has 1 heterocycles. The molecule has 0 bridgehead atoms. The maximum absolute atomic E-state index is 5.75. The summed E-state index contributed by atoms with van der Waals surface area (Å²) < 4.78 is 5.75. The Balaban J connectivity index is 1.93. The summed E-state index contributed by atoms with van der Waals surface area (Å²) in [5.74, 6) is 0. The largest absolute Gasteiger partial charge is 0.376 e. The maximum Gasteiger partial charge on any atom is 0.0700 e. The average molecular weight is 226 g/mol. The average Bonchev–Trinajstić information content (AvgIpc) is 2.38. The summed E-state index contributed by atoms with van der Waals surface area (Å²) in [7, 11) is 2.11. The van der Waals surface area contributed by atoms with Gasteiger partial charge in [0.25, 0.3) is 0 Å². The standard InChI is InChI=1S/C13H26N2O/c1-3-11-10-15(8-9-16-11)13-7-5-4-6-12(13)14-2/h11-14H,3-10H2,1-2H3. The molecule has 1 saturated carbocycles. The Hall–Kier alpha value is -0.120. The molecule has 1 aliphatic heterocycles. The summed E-state index contributed by atoms with van der Waals surface area (Å²) in [6.07, 6.45) is 7.11. The van der Waals surface area contributed by atoms with Gasteiger partial charge in [-0.25, -0.2) is 0 Å². The second-order valence-electron chi connectivity index (χ2n) is 5.14. The Morgan fingerprint density at radius 3 is 2.88 bits per heavy atom. The SMILES string of the molecule is CCC1CN(C2CCCCC2NC)CCO1. The second-order valence-corrected chi connectivity index (χ2v) is 5.14. The zero-order valence-corrected chi connectivity index (χ0v) is 10.7. The topological polar surface area (TPSA) is 24.5 Å². The third kappa shape index (κ3) is 2.76. The van der Waals surface area contributed by atoms with Crippen LogP contribution < -0.4 is 5.32 Å². The first-order valence-corrected chi connectivity index (χ1v) is 6.88. The lowest BCUT2D eigenvalue weighted by atomic mass is 9.88. The van der Waals surface area contributed by atoms with E-state index in [4.69, 9.17) is 4.74 Å². The number of morpholine rings is 1. The lowest BCUT2D eigenvalue weighted by Gasteiger charge is -2.43. The van der Waals surface area contributed by atoms with Crippen LogP contribution in [0.2, 0.25) is 0 Å². The molecule has 0 amide bonds. The molecule has 1 N–H and O–H groups in total. The van der Waals surface area contributed by atoms with Crippen molar-refractivity contribution in [1.82, 2.24) is 10.2 Å². The van der Waals surface area contributed by atoms with Crippen LogP contribution in [0.4, 0.5) is 0 Å². The molecular weight excluding hydrogens is 200 g/mol. The molecule has 0 radical (unpaired) electrons. The fraction of sp³-hybridized carbons (Fsp3) is 1.00. The molecule has 2 aliphatic rings. The van der Waals surface area contributed by atoms with Crippen molar-refractivity contribution in [2.75, 3.05) is 26.7 Å². The minimum atomic E-state index is 0.466. The van der Waals surface area contributed by atoms with Gasteiger partial charge in [0.15, 0.2) is 0 Å². The van der Waals surface area contributed by atoms with E-state index in [-0.39, 0.29) is 0 Å². The Morgan fingerprint density at radius 2 is 2.12 bits per heavy atom. The van der Waals surface area contributed by atoms with Gasteiger partial charge in [-0.15, -0.1) is 0 Å². The molecule has 0 aromatic carbocycles. The lowest BCUT2D eigenvalue weighted by Crippen LogP contribution is -2.55. The van der Waals surface area contributed by atoms with E-state index in [2.05, 4.69) is 24.2 Å². The third-order valence-corrected chi connectivity index (χ3v) is 4.19. The molecular formula is C13H26N2O. The van der Waals surface area contributed by atoms with Crippen molar-refractivity contribution in [3.63, 3.8) is 0 Å². The molecule has 1 saturated heterocycles. The predicted octanol–water partition coefficient (Wildman–Crippen LogP) is 1.63. The van der Waals surface area contributed by atoms with Gasteiger partial charge in [0.1, 0.15) is 0 Å². The Kier molecular flexibility index (Phi) is 4.62. The number of ether oxygens (including phenoxy) is 1. The van der Waals surface area contributed by atoms with Gasteiger partial charge < -0.3 is 10.1 Å². The van der Waals surface area contributed by atoms with Crippen molar-refractivity contribution in [1.29, 1.82) is 0 Å². The first-order valence-electron chi connectivity index (χ1n) is 6.88. The van der Waals surface area contributed by atoms with Gasteiger partial charge in [0.05, 0.1) is 12.7 Å². The number of hydrogen-bond acceptors (Lipinski definition) is 3. The van der Waals surface area contributed by atoms with E-state index in [0.717, 1.165) is 32.2 Å². The number of nitrogens with zero attached hydrogens (tertiary/aromatic N) is 1. The van der Waals surface area contributed by atoms with Gasteiger partial charge in [0, 0.05) is 25.2 Å². The molecule has 0 aromatic heterocycles. The highest BCUT2D eigenvalue weighted by atomic mass is 16.5. The normalized spacial score (nSPS) is 37.5. The van der Waals surface area contributed by atoms with Crippen LogP contribution in [0, 0.1) is 0 Å². The zero-order valence-electron chi connectivity index (χ0n) is 10.7. The van der Waals surface area contributed by atoms with Gasteiger partial charge in [-0.05, 0) is 26.3 Å². The van der Waals surface area contributed by atoms with E-state index >= 15 is 0 Å². The Bertz CT molecular complexity index is 210. The van der Waals surface area contributed by atoms with Gasteiger partial charge in [0.2, 0.25) is 0 Å². The minimum absolute atomic E-state index is 0.466. The molecule has 3 unspecified atom stereocenters. The van der Waals surface area contributed by atoms with Crippen molar-refractivity contribution in [3.05, 3.63) is 0 Å². The van der Waals surface area contributed by atoms with Crippen LogP contribution in [-0.2, 0) is 4.74 Å². The second kappa shape index (κ2) is 5.99. The maximum atomic E-state index is 5.75. The first kappa shape index (κ1) is 12.3. The molecule has 94 valence electrons. The van der Waals surface area contributed by atoms with Crippen LogP contribution in [0.3, 0.4) is 0 Å². The highest BCUT2D eigenvalue weighted by Gasteiger charge is 2.32. The van der Waals surface area contributed by atoms with Crippen molar-refractivity contribution < 1.29 is 4.74 Å². The summed E-state index contributed by atoms with van der Waals surface area (Å²) in [6, 6.07) is 1.45. The minimum Gasteiger partial charge on any atom is -0.376 e. The Labute approximate surface area is 99.5 Å². The van der Waals surface area contributed by atoms with Gasteiger partial charge in [-0.1, -0.05) is 19.8 Å². The number of nitrogens with one attached hydrogen (secondary N) is 1. The zero-order chi connectivity index (χ0) is 11.4. The lowest BCUT2D eigenvalue weighted by molar-refractivity contribution is -0.0538. The van der Waals surface area contributed by atoms with E-state index in [9.17, 15) is 0 Å². The summed E-state index contributed by atoms with van der Waals surface area (Å²) >= 11 is 0. The smallest absolute Gasteiger partial charge is 0.0700 e. The predicted molar refractivity (Wildman–Crippen MR) is 66.7 cm³/mol. The summed E-state index contributed by atoms with van der Waals surface area (Å²) in [5.41, 5.74) is 0. The molecule has 3 heteroatoms.